The lowest BCUT2D eigenvalue weighted by molar-refractivity contribution is -0.122. The molecular formula is C22H18N4O2. The van der Waals surface area contributed by atoms with Gasteiger partial charge in [0.25, 0.3) is 0 Å². The molecule has 0 bridgehead atoms. The van der Waals surface area contributed by atoms with Crippen molar-refractivity contribution in [2.24, 2.45) is 0 Å². The zero-order chi connectivity index (χ0) is 19.3. The highest BCUT2D eigenvalue weighted by Gasteiger charge is 2.18. The van der Waals surface area contributed by atoms with Gasteiger partial charge in [-0.15, -0.1) is 0 Å². The summed E-state index contributed by atoms with van der Waals surface area (Å²) >= 11 is 0. The molecule has 2 aromatic carbocycles. The summed E-state index contributed by atoms with van der Waals surface area (Å²) in [5.41, 5.74) is 2.15. The fourth-order valence-electron chi connectivity index (χ4n) is 3.15. The molecule has 0 saturated carbocycles. The van der Waals surface area contributed by atoms with Crippen LogP contribution in [0.2, 0.25) is 0 Å². The van der Waals surface area contributed by atoms with Crippen LogP contribution in [0.5, 0.6) is 0 Å². The SMILES string of the molecule is O=C(Cn1ncc(=O)c2ccccc21)N[C@@H](c1ccccc1)c1ccccn1. The van der Waals surface area contributed by atoms with E-state index >= 15 is 0 Å². The fourth-order valence-corrected chi connectivity index (χ4v) is 3.15. The maximum absolute atomic E-state index is 12.8. The number of nitrogens with one attached hydrogen (secondary N) is 1. The molecule has 4 rings (SSSR count). The minimum absolute atomic E-state index is 0.00302. The van der Waals surface area contributed by atoms with Gasteiger partial charge in [0.1, 0.15) is 6.54 Å². The van der Waals surface area contributed by atoms with Crippen LogP contribution in [0.4, 0.5) is 0 Å². The van der Waals surface area contributed by atoms with Crippen molar-refractivity contribution in [1.82, 2.24) is 20.1 Å². The first-order valence-corrected chi connectivity index (χ1v) is 8.92. The number of hydrogen-bond donors (Lipinski definition) is 1. The van der Waals surface area contributed by atoms with Crippen LogP contribution >= 0.6 is 0 Å². The van der Waals surface area contributed by atoms with Gasteiger partial charge in [-0.3, -0.25) is 19.3 Å². The number of carbonyl (C=O) groups is 1. The highest BCUT2D eigenvalue weighted by atomic mass is 16.2. The van der Waals surface area contributed by atoms with E-state index in [1.807, 2.05) is 54.6 Å². The molecule has 0 fully saturated rings. The van der Waals surface area contributed by atoms with Gasteiger partial charge in [0.2, 0.25) is 11.3 Å². The van der Waals surface area contributed by atoms with Crippen LogP contribution in [-0.4, -0.2) is 20.7 Å². The molecule has 2 heterocycles. The zero-order valence-electron chi connectivity index (χ0n) is 15.0. The van der Waals surface area contributed by atoms with Gasteiger partial charge in [-0.05, 0) is 29.8 Å². The second-order valence-corrected chi connectivity index (χ2v) is 6.35. The largest absolute Gasteiger partial charge is 0.342 e. The summed E-state index contributed by atoms with van der Waals surface area (Å²) in [7, 11) is 0. The van der Waals surface area contributed by atoms with Crippen molar-refractivity contribution in [3.05, 3.63) is 107 Å². The number of amides is 1. The molecule has 0 aliphatic heterocycles. The smallest absolute Gasteiger partial charge is 0.242 e. The monoisotopic (exact) mass is 370 g/mol. The third-order valence-corrected chi connectivity index (χ3v) is 4.48. The van der Waals surface area contributed by atoms with Gasteiger partial charge in [-0.1, -0.05) is 48.5 Å². The minimum Gasteiger partial charge on any atom is -0.342 e. The van der Waals surface area contributed by atoms with Crippen molar-refractivity contribution < 1.29 is 4.79 Å². The quantitative estimate of drug-likeness (QED) is 0.586. The molecule has 138 valence electrons. The van der Waals surface area contributed by atoms with Crippen molar-refractivity contribution in [1.29, 1.82) is 0 Å². The number of carbonyl (C=O) groups excluding carboxylic acids is 1. The number of fused-ring (bicyclic) bond motifs is 1. The molecule has 0 aliphatic rings. The van der Waals surface area contributed by atoms with Gasteiger partial charge >= 0.3 is 0 Å². The van der Waals surface area contributed by atoms with Gasteiger partial charge in [-0.2, -0.15) is 5.10 Å². The first-order valence-electron chi connectivity index (χ1n) is 8.92. The van der Waals surface area contributed by atoms with E-state index in [9.17, 15) is 9.59 Å². The van der Waals surface area contributed by atoms with E-state index in [0.717, 1.165) is 11.3 Å². The van der Waals surface area contributed by atoms with Crippen molar-refractivity contribution in [2.75, 3.05) is 0 Å². The molecule has 1 N–H and O–H groups in total. The van der Waals surface area contributed by atoms with Crippen molar-refractivity contribution >= 4 is 16.8 Å². The Labute approximate surface area is 161 Å². The summed E-state index contributed by atoms with van der Waals surface area (Å²) in [6, 6.07) is 22.0. The average Bonchev–Trinajstić information content (AvgIpc) is 2.75. The normalized spacial score (nSPS) is 11.9. The Hall–Kier alpha value is -3.80. The van der Waals surface area contributed by atoms with Crippen molar-refractivity contribution in [2.45, 2.75) is 12.6 Å². The second-order valence-electron chi connectivity index (χ2n) is 6.35. The topological polar surface area (TPSA) is 76.9 Å². The molecule has 28 heavy (non-hydrogen) atoms. The first-order chi connectivity index (χ1) is 13.7. The predicted octanol–water partition coefficient (Wildman–Crippen LogP) is 2.70. The molecule has 0 unspecified atom stereocenters. The van der Waals surface area contributed by atoms with Crippen LogP contribution < -0.4 is 10.7 Å². The average molecular weight is 370 g/mol. The summed E-state index contributed by atoms with van der Waals surface area (Å²) in [5, 5.41) is 7.70. The molecule has 0 spiro atoms. The standard InChI is InChI=1S/C22H18N4O2/c27-20-14-24-26(19-12-5-4-10-17(19)20)15-21(28)25-22(16-8-2-1-3-9-16)18-11-6-7-13-23-18/h1-14,22H,15H2,(H,25,28)/t22-/m0/s1. The molecule has 0 aliphatic carbocycles. The summed E-state index contributed by atoms with van der Waals surface area (Å²) in [6.07, 6.45) is 2.94. The summed E-state index contributed by atoms with van der Waals surface area (Å²) in [5.74, 6) is -0.221. The lowest BCUT2D eigenvalue weighted by Gasteiger charge is -2.19. The number of hydrogen-bond acceptors (Lipinski definition) is 4. The molecule has 0 radical (unpaired) electrons. The number of nitrogens with zero attached hydrogens (tertiary/aromatic N) is 3. The van der Waals surface area contributed by atoms with E-state index < -0.39 is 0 Å². The van der Waals surface area contributed by atoms with E-state index in [1.165, 1.54) is 10.9 Å². The van der Waals surface area contributed by atoms with E-state index in [-0.39, 0.29) is 23.9 Å². The number of rotatable bonds is 5. The number of para-hydroxylation sites is 1. The lowest BCUT2D eigenvalue weighted by atomic mass is 10.0. The molecule has 6 heteroatoms. The van der Waals surface area contributed by atoms with Gasteiger partial charge in [0.05, 0.1) is 23.4 Å². The molecule has 0 saturated heterocycles. The number of aromatic nitrogens is 3. The number of benzene rings is 2. The predicted molar refractivity (Wildman–Crippen MR) is 107 cm³/mol. The lowest BCUT2D eigenvalue weighted by Crippen LogP contribution is -2.33. The molecule has 1 amide bonds. The first kappa shape index (κ1) is 17.6. The van der Waals surface area contributed by atoms with Crippen molar-refractivity contribution in [3.63, 3.8) is 0 Å². The van der Waals surface area contributed by atoms with E-state index in [4.69, 9.17) is 0 Å². The second kappa shape index (κ2) is 7.84. The third-order valence-electron chi connectivity index (χ3n) is 4.48. The van der Waals surface area contributed by atoms with Crippen LogP contribution in [0.15, 0.2) is 90.0 Å². The van der Waals surface area contributed by atoms with Crippen LogP contribution in [0.3, 0.4) is 0 Å². The molecule has 1 atom stereocenters. The van der Waals surface area contributed by atoms with Gasteiger partial charge in [-0.25, -0.2) is 0 Å². The van der Waals surface area contributed by atoms with E-state index in [0.29, 0.717) is 10.9 Å². The summed E-state index contributed by atoms with van der Waals surface area (Å²) in [4.78, 5) is 29.2. The van der Waals surface area contributed by atoms with E-state index in [1.54, 1.807) is 24.4 Å². The van der Waals surface area contributed by atoms with Crippen molar-refractivity contribution in [3.8, 4) is 0 Å². The summed E-state index contributed by atoms with van der Waals surface area (Å²) < 4.78 is 1.53. The molecular weight excluding hydrogens is 352 g/mol. The fraction of sp³-hybridized carbons (Fsp3) is 0.0909. The highest BCUT2D eigenvalue weighted by Crippen LogP contribution is 2.20. The van der Waals surface area contributed by atoms with Crippen LogP contribution in [-0.2, 0) is 11.3 Å². The Morgan fingerprint density at radius 3 is 2.50 bits per heavy atom. The summed E-state index contributed by atoms with van der Waals surface area (Å²) in [6.45, 7) is -0.00302. The molecule has 6 nitrogen and oxygen atoms in total. The van der Waals surface area contributed by atoms with Crippen LogP contribution in [0, 0.1) is 0 Å². The molecule has 2 aromatic heterocycles. The Balaban J connectivity index is 1.63. The van der Waals surface area contributed by atoms with Gasteiger partial charge < -0.3 is 5.32 Å². The van der Waals surface area contributed by atoms with Crippen LogP contribution in [0.1, 0.15) is 17.3 Å². The minimum atomic E-state index is -0.374. The third kappa shape index (κ3) is 3.66. The van der Waals surface area contributed by atoms with Gasteiger partial charge in [0, 0.05) is 11.6 Å². The zero-order valence-corrected chi connectivity index (χ0v) is 15.0. The van der Waals surface area contributed by atoms with Crippen LogP contribution in [0.25, 0.3) is 10.9 Å². The molecule has 4 aromatic rings. The van der Waals surface area contributed by atoms with Gasteiger partial charge in [0.15, 0.2) is 0 Å². The Bertz CT molecular complexity index is 1120. The maximum atomic E-state index is 12.8. The Morgan fingerprint density at radius 2 is 1.71 bits per heavy atom. The highest BCUT2D eigenvalue weighted by molar-refractivity contribution is 5.81. The maximum Gasteiger partial charge on any atom is 0.242 e. The Morgan fingerprint density at radius 1 is 0.964 bits per heavy atom. The number of pyridine rings is 1. The Kier molecular flexibility index (Phi) is 4.93. The van der Waals surface area contributed by atoms with E-state index in [2.05, 4.69) is 15.4 Å².